The number of esters is 1. The van der Waals surface area contributed by atoms with Crippen LogP contribution in [0.5, 0.6) is 0 Å². The van der Waals surface area contributed by atoms with Crippen molar-refractivity contribution in [3.8, 4) is 0 Å². The third-order valence-corrected chi connectivity index (χ3v) is 6.51. The number of amides is 1. The lowest BCUT2D eigenvalue weighted by atomic mass is 10.1. The predicted octanol–water partition coefficient (Wildman–Crippen LogP) is 1.93. The van der Waals surface area contributed by atoms with Crippen LogP contribution in [0.2, 0.25) is 0 Å². The molecule has 0 aliphatic carbocycles. The summed E-state index contributed by atoms with van der Waals surface area (Å²) >= 11 is 0. The number of rotatable bonds is 5. The number of carbonyl (C=O) groups excluding carboxylic acids is 2. The first-order valence-electron chi connectivity index (χ1n) is 9.54. The SMILES string of the molecule is Cc1nn(C)c(C)c1NC(=O)C(C)OC(=O)c1ccc2c(c1)CC(C)N2S(C)(=O)=O. The molecule has 162 valence electrons. The number of hydrogen-bond donors (Lipinski definition) is 1. The van der Waals surface area contributed by atoms with Crippen LogP contribution in [-0.2, 0) is 33.0 Å². The first-order chi connectivity index (χ1) is 13.9. The molecule has 2 unspecified atom stereocenters. The molecule has 0 spiro atoms. The summed E-state index contributed by atoms with van der Waals surface area (Å²) in [5.74, 6) is -1.11. The number of hydrogen-bond acceptors (Lipinski definition) is 6. The Hall–Kier alpha value is -2.88. The second kappa shape index (κ2) is 7.75. The maximum atomic E-state index is 12.6. The van der Waals surface area contributed by atoms with Gasteiger partial charge < -0.3 is 10.1 Å². The van der Waals surface area contributed by atoms with Crippen LogP contribution in [0.3, 0.4) is 0 Å². The monoisotopic (exact) mass is 434 g/mol. The van der Waals surface area contributed by atoms with Crippen molar-refractivity contribution in [3.05, 3.63) is 40.7 Å². The van der Waals surface area contributed by atoms with E-state index in [1.54, 1.807) is 30.8 Å². The average molecular weight is 435 g/mol. The second-order valence-corrected chi connectivity index (χ2v) is 9.52. The molecule has 1 aliphatic heterocycles. The van der Waals surface area contributed by atoms with Gasteiger partial charge in [0.15, 0.2) is 6.10 Å². The fraction of sp³-hybridized carbons (Fsp3) is 0.450. The van der Waals surface area contributed by atoms with Gasteiger partial charge in [-0.3, -0.25) is 13.8 Å². The Balaban J connectivity index is 1.72. The van der Waals surface area contributed by atoms with E-state index in [4.69, 9.17) is 4.74 Å². The maximum absolute atomic E-state index is 12.6. The molecule has 0 saturated heterocycles. The number of nitrogens with one attached hydrogen (secondary N) is 1. The second-order valence-electron chi connectivity index (χ2n) is 7.66. The van der Waals surface area contributed by atoms with E-state index in [0.29, 0.717) is 23.5 Å². The number of carbonyl (C=O) groups is 2. The average Bonchev–Trinajstić information content (AvgIpc) is 3.10. The third-order valence-electron chi connectivity index (χ3n) is 5.24. The minimum atomic E-state index is -3.41. The van der Waals surface area contributed by atoms with Gasteiger partial charge >= 0.3 is 5.97 Å². The van der Waals surface area contributed by atoms with Crippen molar-refractivity contribution >= 4 is 33.3 Å². The molecule has 0 bridgehead atoms. The normalized spacial score (nSPS) is 16.9. The van der Waals surface area contributed by atoms with E-state index < -0.39 is 28.0 Å². The van der Waals surface area contributed by atoms with Gasteiger partial charge in [0.2, 0.25) is 10.0 Å². The largest absolute Gasteiger partial charge is 0.449 e. The van der Waals surface area contributed by atoms with Crippen molar-refractivity contribution < 1.29 is 22.7 Å². The van der Waals surface area contributed by atoms with E-state index in [1.807, 2.05) is 13.8 Å². The first kappa shape index (κ1) is 21.8. The number of aryl methyl sites for hydroxylation is 2. The highest BCUT2D eigenvalue weighted by atomic mass is 32.2. The Morgan fingerprint density at radius 1 is 1.30 bits per heavy atom. The molecule has 9 nitrogen and oxygen atoms in total. The molecule has 10 heteroatoms. The summed E-state index contributed by atoms with van der Waals surface area (Å²) in [7, 11) is -1.63. The van der Waals surface area contributed by atoms with Crippen LogP contribution in [0.1, 0.15) is 41.2 Å². The summed E-state index contributed by atoms with van der Waals surface area (Å²) in [5, 5.41) is 6.99. The van der Waals surface area contributed by atoms with Gasteiger partial charge in [-0.15, -0.1) is 0 Å². The lowest BCUT2D eigenvalue weighted by Gasteiger charge is -2.22. The highest BCUT2D eigenvalue weighted by molar-refractivity contribution is 7.92. The highest BCUT2D eigenvalue weighted by Gasteiger charge is 2.33. The topological polar surface area (TPSA) is 111 Å². The smallest absolute Gasteiger partial charge is 0.338 e. The Bertz CT molecular complexity index is 1120. The van der Waals surface area contributed by atoms with Crippen LogP contribution in [-0.4, -0.2) is 48.5 Å². The van der Waals surface area contributed by atoms with Gasteiger partial charge in [0, 0.05) is 13.1 Å². The molecule has 0 fully saturated rings. The maximum Gasteiger partial charge on any atom is 0.338 e. The zero-order valence-corrected chi connectivity index (χ0v) is 18.7. The predicted molar refractivity (Wildman–Crippen MR) is 113 cm³/mol. The molecule has 2 atom stereocenters. The van der Waals surface area contributed by atoms with Gasteiger partial charge in [-0.25, -0.2) is 13.2 Å². The molecule has 0 saturated carbocycles. The minimum absolute atomic E-state index is 0.225. The third kappa shape index (κ3) is 4.04. The summed E-state index contributed by atoms with van der Waals surface area (Å²) in [6, 6.07) is 4.51. The van der Waals surface area contributed by atoms with Gasteiger partial charge in [-0.2, -0.15) is 5.10 Å². The molecule has 1 N–H and O–H groups in total. The van der Waals surface area contributed by atoms with Crippen molar-refractivity contribution in [1.82, 2.24) is 9.78 Å². The van der Waals surface area contributed by atoms with Crippen LogP contribution in [0.4, 0.5) is 11.4 Å². The van der Waals surface area contributed by atoms with Gasteiger partial charge in [0.05, 0.1) is 34.6 Å². The number of benzene rings is 1. The van der Waals surface area contributed by atoms with E-state index in [2.05, 4.69) is 10.4 Å². The van der Waals surface area contributed by atoms with Crippen LogP contribution < -0.4 is 9.62 Å². The van der Waals surface area contributed by atoms with E-state index in [-0.39, 0.29) is 11.6 Å². The molecule has 1 aromatic carbocycles. The fourth-order valence-electron chi connectivity index (χ4n) is 3.70. The van der Waals surface area contributed by atoms with Crippen molar-refractivity contribution in [2.24, 2.45) is 7.05 Å². The van der Waals surface area contributed by atoms with Gasteiger partial charge in [-0.05, 0) is 57.9 Å². The number of ether oxygens (including phenoxy) is 1. The lowest BCUT2D eigenvalue weighted by Crippen LogP contribution is -2.34. The summed E-state index contributed by atoms with van der Waals surface area (Å²) in [5.41, 5.74) is 3.64. The first-order valence-corrected chi connectivity index (χ1v) is 11.4. The van der Waals surface area contributed by atoms with Gasteiger partial charge in [0.25, 0.3) is 5.91 Å². The molecule has 2 aromatic rings. The Morgan fingerprint density at radius 2 is 1.97 bits per heavy atom. The fourth-order valence-corrected chi connectivity index (χ4v) is 4.96. The Kier molecular flexibility index (Phi) is 5.64. The van der Waals surface area contributed by atoms with Gasteiger partial charge in [0.1, 0.15) is 0 Å². The van der Waals surface area contributed by atoms with Gasteiger partial charge in [-0.1, -0.05) is 0 Å². The van der Waals surface area contributed by atoms with Crippen LogP contribution in [0.15, 0.2) is 18.2 Å². The zero-order chi connectivity index (χ0) is 22.4. The van der Waals surface area contributed by atoms with Crippen molar-refractivity contribution in [2.75, 3.05) is 15.9 Å². The number of aromatic nitrogens is 2. The standard InChI is InChI=1S/C20H26N4O5S/c1-11-9-16-10-15(7-8-17(16)24(11)30(6,27)28)20(26)29-14(4)19(25)21-18-12(2)22-23(5)13(18)3/h7-8,10-11,14H,9H2,1-6H3,(H,21,25). The minimum Gasteiger partial charge on any atom is -0.449 e. The van der Waals surface area contributed by atoms with E-state index >= 15 is 0 Å². The summed E-state index contributed by atoms with van der Waals surface area (Å²) in [4.78, 5) is 25.0. The van der Waals surface area contributed by atoms with Crippen LogP contribution in [0, 0.1) is 13.8 Å². The molecular weight excluding hydrogens is 408 g/mol. The summed E-state index contributed by atoms with van der Waals surface area (Å²) < 4.78 is 32.4. The molecule has 3 rings (SSSR count). The summed E-state index contributed by atoms with van der Waals surface area (Å²) in [6.07, 6.45) is 0.641. The number of nitrogens with zero attached hydrogens (tertiary/aromatic N) is 3. The Morgan fingerprint density at radius 3 is 2.53 bits per heavy atom. The van der Waals surface area contributed by atoms with Crippen molar-refractivity contribution in [3.63, 3.8) is 0 Å². The molecule has 1 amide bonds. The Labute approximate surface area is 176 Å². The molecule has 1 aliphatic rings. The van der Waals surface area contributed by atoms with Crippen molar-refractivity contribution in [2.45, 2.75) is 46.3 Å². The summed E-state index contributed by atoms with van der Waals surface area (Å²) in [6.45, 7) is 6.92. The lowest BCUT2D eigenvalue weighted by molar-refractivity contribution is -0.123. The highest BCUT2D eigenvalue weighted by Crippen LogP contribution is 2.34. The number of anilines is 2. The molecular formula is C20H26N4O5S. The molecule has 30 heavy (non-hydrogen) atoms. The van der Waals surface area contributed by atoms with E-state index in [1.165, 1.54) is 17.3 Å². The zero-order valence-electron chi connectivity index (χ0n) is 17.9. The molecule has 0 radical (unpaired) electrons. The number of fused-ring (bicyclic) bond motifs is 1. The molecule has 1 aromatic heterocycles. The van der Waals surface area contributed by atoms with E-state index in [0.717, 1.165) is 17.5 Å². The molecule has 2 heterocycles. The van der Waals surface area contributed by atoms with Crippen LogP contribution in [0.25, 0.3) is 0 Å². The van der Waals surface area contributed by atoms with Crippen LogP contribution >= 0.6 is 0 Å². The van der Waals surface area contributed by atoms with Crippen molar-refractivity contribution in [1.29, 1.82) is 0 Å². The number of sulfonamides is 1. The van der Waals surface area contributed by atoms with E-state index in [9.17, 15) is 18.0 Å². The quantitative estimate of drug-likeness (QED) is 0.720.